The van der Waals surface area contributed by atoms with E-state index in [-0.39, 0.29) is 5.92 Å². The number of hydrogen-bond acceptors (Lipinski definition) is 3. The molecule has 1 aromatic carbocycles. The highest BCUT2D eigenvalue weighted by molar-refractivity contribution is 5.14. The van der Waals surface area contributed by atoms with Crippen molar-refractivity contribution >= 4 is 0 Å². The van der Waals surface area contributed by atoms with Crippen molar-refractivity contribution in [3.05, 3.63) is 35.9 Å². The zero-order chi connectivity index (χ0) is 11.4. The molecule has 1 heterocycles. The van der Waals surface area contributed by atoms with Crippen LogP contribution in [0.15, 0.2) is 30.3 Å². The largest absolute Gasteiger partial charge is 0.390 e. The minimum Gasteiger partial charge on any atom is -0.390 e. The number of likely N-dealkylation sites (tertiary alicyclic amines) is 1. The Morgan fingerprint density at radius 1 is 1.38 bits per heavy atom. The van der Waals surface area contributed by atoms with Crippen molar-refractivity contribution in [2.75, 3.05) is 13.1 Å². The summed E-state index contributed by atoms with van der Waals surface area (Å²) >= 11 is 0. The highest BCUT2D eigenvalue weighted by Gasteiger charge is 2.27. The summed E-state index contributed by atoms with van der Waals surface area (Å²) in [5.41, 5.74) is 1.25. The smallest absolute Gasteiger partial charge is 0.0825 e. The Morgan fingerprint density at radius 2 is 2.12 bits per heavy atom. The van der Waals surface area contributed by atoms with Gasteiger partial charge in [-0.2, -0.15) is 5.26 Å². The van der Waals surface area contributed by atoms with Crippen LogP contribution in [-0.4, -0.2) is 29.2 Å². The third-order valence-corrected chi connectivity index (χ3v) is 3.08. The molecule has 0 amide bonds. The van der Waals surface area contributed by atoms with E-state index in [2.05, 4.69) is 23.1 Å². The first-order valence-electron chi connectivity index (χ1n) is 5.63. The molecule has 1 saturated heterocycles. The molecule has 0 aliphatic carbocycles. The summed E-state index contributed by atoms with van der Waals surface area (Å²) < 4.78 is 0. The van der Waals surface area contributed by atoms with E-state index in [9.17, 15) is 5.11 Å². The summed E-state index contributed by atoms with van der Waals surface area (Å²) in [6, 6.07) is 12.4. The van der Waals surface area contributed by atoms with Gasteiger partial charge in [-0.3, -0.25) is 4.90 Å². The van der Waals surface area contributed by atoms with Gasteiger partial charge in [0.1, 0.15) is 0 Å². The number of benzene rings is 1. The summed E-state index contributed by atoms with van der Waals surface area (Å²) in [6.07, 6.45) is 0.271. The lowest BCUT2D eigenvalue weighted by Crippen LogP contribution is -2.42. The Hall–Kier alpha value is -1.37. The molecule has 0 radical (unpaired) electrons. The van der Waals surface area contributed by atoms with E-state index in [1.54, 1.807) is 0 Å². The molecule has 1 aromatic rings. The van der Waals surface area contributed by atoms with Gasteiger partial charge in [-0.15, -0.1) is 0 Å². The van der Waals surface area contributed by atoms with Crippen LogP contribution in [0.3, 0.4) is 0 Å². The second-order valence-electron chi connectivity index (χ2n) is 4.31. The van der Waals surface area contributed by atoms with Crippen molar-refractivity contribution < 1.29 is 5.11 Å². The van der Waals surface area contributed by atoms with Crippen LogP contribution in [0.1, 0.15) is 12.0 Å². The van der Waals surface area contributed by atoms with Crippen molar-refractivity contribution in [1.82, 2.24) is 4.90 Å². The highest BCUT2D eigenvalue weighted by Crippen LogP contribution is 2.18. The number of piperidine rings is 1. The van der Waals surface area contributed by atoms with Gasteiger partial charge in [0.15, 0.2) is 0 Å². The lowest BCUT2D eigenvalue weighted by molar-refractivity contribution is 0.0393. The molecule has 1 aliphatic rings. The molecule has 0 aromatic heterocycles. The number of aliphatic hydroxyl groups is 1. The zero-order valence-corrected chi connectivity index (χ0v) is 9.21. The molecule has 3 nitrogen and oxygen atoms in total. The first-order chi connectivity index (χ1) is 7.79. The van der Waals surface area contributed by atoms with Crippen molar-refractivity contribution in [1.29, 1.82) is 5.26 Å². The van der Waals surface area contributed by atoms with E-state index in [4.69, 9.17) is 5.26 Å². The number of β-amino-alcohol motifs (C(OH)–C–C–N with tert-alkyl or cyclic N) is 1. The minimum absolute atomic E-state index is 0.188. The molecule has 1 N–H and O–H groups in total. The van der Waals surface area contributed by atoms with E-state index in [1.807, 2.05) is 18.2 Å². The lowest BCUT2D eigenvalue weighted by Gasteiger charge is -2.32. The summed E-state index contributed by atoms with van der Waals surface area (Å²) in [5.74, 6) is -0.188. The summed E-state index contributed by atoms with van der Waals surface area (Å²) in [7, 11) is 0. The second-order valence-corrected chi connectivity index (χ2v) is 4.31. The third kappa shape index (κ3) is 2.60. The predicted octanol–water partition coefficient (Wildman–Crippen LogP) is 1.39. The normalized spacial score (nSPS) is 26.2. The SMILES string of the molecule is N#C[C@@H]1CCN(Cc2ccccc2)C[C@@H]1O. The molecule has 2 rings (SSSR count). The molecule has 1 aliphatic heterocycles. The Balaban J connectivity index is 1.92. The number of nitrogens with zero attached hydrogens (tertiary/aromatic N) is 2. The van der Waals surface area contributed by atoms with E-state index in [0.29, 0.717) is 6.54 Å². The van der Waals surface area contributed by atoms with Crippen molar-refractivity contribution in [3.8, 4) is 6.07 Å². The van der Waals surface area contributed by atoms with Gasteiger partial charge in [0.25, 0.3) is 0 Å². The van der Waals surface area contributed by atoms with Crippen LogP contribution in [0.4, 0.5) is 0 Å². The topological polar surface area (TPSA) is 47.3 Å². The first kappa shape index (κ1) is 11.1. The van der Waals surface area contributed by atoms with Gasteiger partial charge in [-0.1, -0.05) is 30.3 Å². The van der Waals surface area contributed by atoms with Crippen molar-refractivity contribution in [2.45, 2.75) is 19.1 Å². The van der Waals surface area contributed by atoms with Crippen molar-refractivity contribution in [2.24, 2.45) is 5.92 Å². The second kappa shape index (κ2) is 5.11. The quantitative estimate of drug-likeness (QED) is 0.812. The fraction of sp³-hybridized carbons (Fsp3) is 0.462. The standard InChI is InChI=1S/C13H16N2O/c14-8-12-6-7-15(10-13(12)16)9-11-4-2-1-3-5-11/h1-5,12-13,16H,6-7,9-10H2/t12-,13-/m0/s1. The summed E-state index contributed by atoms with van der Waals surface area (Å²) in [6.45, 7) is 2.35. The van der Waals surface area contributed by atoms with E-state index in [1.165, 1.54) is 5.56 Å². The fourth-order valence-corrected chi connectivity index (χ4v) is 2.13. The van der Waals surface area contributed by atoms with E-state index >= 15 is 0 Å². The lowest BCUT2D eigenvalue weighted by atomic mass is 9.95. The number of aliphatic hydroxyl groups excluding tert-OH is 1. The summed E-state index contributed by atoms with van der Waals surface area (Å²) in [5, 5.41) is 18.6. The number of hydrogen-bond donors (Lipinski definition) is 1. The Labute approximate surface area is 95.9 Å². The van der Waals surface area contributed by atoms with Crippen molar-refractivity contribution in [3.63, 3.8) is 0 Å². The van der Waals surface area contributed by atoms with Gasteiger partial charge < -0.3 is 5.11 Å². The van der Waals surface area contributed by atoms with E-state index < -0.39 is 6.10 Å². The number of nitriles is 1. The molecular formula is C13H16N2O. The van der Waals surface area contributed by atoms with Crippen LogP contribution in [-0.2, 0) is 6.54 Å². The molecule has 1 fully saturated rings. The zero-order valence-electron chi connectivity index (χ0n) is 9.21. The van der Waals surface area contributed by atoms with Crippen LogP contribution in [0.2, 0.25) is 0 Å². The Bertz CT molecular complexity index is 371. The Morgan fingerprint density at radius 3 is 2.75 bits per heavy atom. The van der Waals surface area contributed by atoms with Gasteiger partial charge in [0.05, 0.1) is 18.1 Å². The average molecular weight is 216 g/mol. The van der Waals surface area contributed by atoms with Crippen LogP contribution < -0.4 is 0 Å². The van der Waals surface area contributed by atoms with Crippen LogP contribution in [0.5, 0.6) is 0 Å². The molecule has 2 atom stereocenters. The maximum absolute atomic E-state index is 9.75. The molecule has 0 saturated carbocycles. The monoisotopic (exact) mass is 216 g/mol. The molecule has 0 bridgehead atoms. The van der Waals surface area contributed by atoms with Crippen LogP contribution in [0.25, 0.3) is 0 Å². The van der Waals surface area contributed by atoms with Gasteiger partial charge in [-0.05, 0) is 18.5 Å². The molecule has 84 valence electrons. The predicted molar refractivity (Wildman–Crippen MR) is 61.4 cm³/mol. The maximum atomic E-state index is 9.75. The van der Waals surface area contributed by atoms with Gasteiger partial charge in [0.2, 0.25) is 0 Å². The molecule has 3 heteroatoms. The van der Waals surface area contributed by atoms with Crippen LogP contribution >= 0.6 is 0 Å². The Kier molecular flexibility index (Phi) is 3.55. The summed E-state index contributed by atoms with van der Waals surface area (Å²) in [4.78, 5) is 2.20. The number of rotatable bonds is 2. The highest BCUT2D eigenvalue weighted by atomic mass is 16.3. The third-order valence-electron chi connectivity index (χ3n) is 3.08. The molecular weight excluding hydrogens is 200 g/mol. The molecule has 0 spiro atoms. The first-order valence-corrected chi connectivity index (χ1v) is 5.63. The van der Waals surface area contributed by atoms with Gasteiger partial charge in [0, 0.05) is 13.1 Å². The average Bonchev–Trinajstić information content (AvgIpc) is 2.31. The molecule has 16 heavy (non-hydrogen) atoms. The van der Waals surface area contributed by atoms with E-state index in [0.717, 1.165) is 19.5 Å². The van der Waals surface area contributed by atoms with Crippen LogP contribution in [0, 0.1) is 17.2 Å². The molecule has 0 unspecified atom stereocenters. The fourth-order valence-electron chi connectivity index (χ4n) is 2.13. The van der Waals surface area contributed by atoms with Gasteiger partial charge in [-0.25, -0.2) is 0 Å². The minimum atomic E-state index is -0.498. The maximum Gasteiger partial charge on any atom is 0.0825 e. The van der Waals surface area contributed by atoms with Gasteiger partial charge >= 0.3 is 0 Å².